The van der Waals surface area contributed by atoms with Gasteiger partial charge in [0.15, 0.2) is 0 Å². The molecule has 0 aliphatic heterocycles. The average Bonchev–Trinajstić information content (AvgIpc) is 1.55. The third kappa shape index (κ3) is 8.81. The van der Waals surface area contributed by atoms with E-state index in [0.717, 1.165) is 0 Å². The Balaban J connectivity index is -0.000000500. The molecule has 5 nitrogen and oxygen atoms in total. The van der Waals surface area contributed by atoms with Crippen LogP contribution in [0, 0.1) is 0 Å². The minimum Gasteiger partial charge on any atom is -1.00 e. The molecule has 0 aromatic carbocycles. The minimum absolute atomic E-state index is 0. The van der Waals surface area contributed by atoms with Crippen LogP contribution in [0.5, 0.6) is 0 Å². The van der Waals surface area contributed by atoms with Crippen molar-refractivity contribution in [2.75, 3.05) is 12.4 Å². The van der Waals surface area contributed by atoms with E-state index in [9.17, 15) is 25.1 Å². The van der Waals surface area contributed by atoms with Gasteiger partial charge in [-0.3, -0.25) is 0 Å². The maximum Gasteiger partial charge on any atom is 1.00 e. The second-order valence-electron chi connectivity index (χ2n) is 1.53. The number of hydrogen-bond donors (Lipinski definition) is 1. The molecule has 0 fully saturated rings. The Kier molecular flexibility index (Phi) is 6.91. The first-order chi connectivity index (χ1) is 4.77. The van der Waals surface area contributed by atoms with Gasteiger partial charge in [0.25, 0.3) is 0 Å². The Morgan fingerprint density at radius 1 is 1.25 bits per heavy atom. The summed E-state index contributed by atoms with van der Waals surface area (Å²) in [5, 5.41) is 0. The van der Waals surface area contributed by atoms with Crippen LogP contribution in [0.1, 0.15) is 1.43 Å². The number of alkyl halides is 1. The molecule has 10 heteroatoms. The van der Waals surface area contributed by atoms with Gasteiger partial charge in [-0.25, -0.2) is 12.8 Å². The number of sulfonamides is 1. The quantitative estimate of drug-likeness (QED) is 0.399. The van der Waals surface area contributed by atoms with Gasteiger partial charge in [0.1, 0.15) is 6.67 Å². The number of hydrogen-bond acceptors (Lipinski definition) is 4. The van der Waals surface area contributed by atoms with Crippen molar-refractivity contribution < 1.29 is 56.1 Å². The van der Waals surface area contributed by atoms with Crippen LogP contribution in [0.2, 0.25) is 0 Å². The third-order valence-electron chi connectivity index (χ3n) is 0.572. The van der Waals surface area contributed by atoms with Crippen molar-refractivity contribution in [3.05, 3.63) is 0 Å². The van der Waals surface area contributed by atoms with Gasteiger partial charge >= 0.3 is 40.0 Å². The topological polar surface area (TPSA) is 80.3 Å². The summed E-state index contributed by atoms with van der Waals surface area (Å²) in [4.78, 5) is 0. The molecule has 0 saturated heterocycles. The summed E-state index contributed by atoms with van der Waals surface area (Å²) in [6, 6.07) is 0. The first-order valence-electron chi connectivity index (χ1n) is 2.29. The van der Waals surface area contributed by atoms with E-state index in [2.05, 4.69) is 0 Å². The molecular weight excluding hydrogens is 227 g/mol. The normalized spacial score (nSPS) is 12.2. The Labute approximate surface area is 92.7 Å². The van der Waals surface area contributed by atoms with Crippen LogP contribution >= 0.6 is 0 Å². The molecule has 0 aromatic heterocycles. The van der Waals surface area contributed by atoms with Crippen molar-refractivity contribution in [1.29, 1.82) is 0 Å². The molecule has 0 amide bonds. The van der Waals surface area contributed by atoms with E-state index in [0.29, 0.717) is 4.13 Å². The second-order valence-corrected chi connectivity index (χ2v) is 4.71. The van der Waals surface area contributed by atoms with Gasteiger partial charge in [0, 0.05) is 0 Å². The van der Waals surface area contributed by atoms with E-state index in [1.54, 1.807) is 0 Å². The first kappa shape index (κ1) is 15.2. The predicted octanol–water partition coefficient (Wildman–Crippen LogP) is -3.79. The summed E-state index contributed by atoms with van der Waals surface area (Å²) in [5.41, 5.74) is 0. The molecule has 70 valence electrons. The summed E-state index contributed by atoms with van der Waals surface area (Å²) in [6.45, 7) is -1.27. The molecule has 0 saturated carbocycles. The Morgan fingerprint density at radius 3 is 1.92 bits per heavy atom. The monoisotopic (exact) mass is 233 g/mol. The summed E-state index contributed by atoms with van der Waals surface area (Å²) < 4.78 is 63.4. The minimum atomic E-state index is -5.31. The van der Waals surface area contributed by atoms with Crippen molar-refractivity contribution in [3.63, 3.8) is 0 Å². The third-order valence-corrected chi connectivity index (χ3v) is 3.08. The molecule has 0 radical (unpaired) electrons. The molecule has 0 aromatic rings. The number of nitrogens with one attached hydrogen (secondary N) is 1. The molecule has 12 heavy (non-hydrogen) atoms. The van der Waals surface area contributed by atoms with Gasteiger partial charge in [-0.2, -0.15) is 8.42 Å². The Morgan fingerprint density at radius 2 is 1.67 bits per heavy atom. The summed E-state index contributed by atoms with van der Waals surface area (Å²) >= 11 is 0. The zero-order valence-corrected chi connectivity index (χ0v) is 9.75. The van der Waals surface area contributed by atoms with E-state index < -0.39 is 32.9 Å². The molecule has 0 aliphatic rings. The van der Waals surface area contributed by atoms with E-state index >= 15 is 0 Å². The van der Waals surface area contributed by atoms with E-state index in [1.807, 2.05) is 0 Å². The van der Waals surface area contributed by atoms with Gasteiger partial charge < -0.3 is 1.43 Å². The largest absolute Gasteiger partial charge is 1.00 e. The zero-order chi connectivity index (χ0) is 9.12. The standard InChI is InChI=1S/C2H5F2NO4S2.Na.H/c3-1-2-10(6,7)5-11(4,8)9;;/h5H,1-2H2;;/q;+1;-1. The van der Waals surface area contributed by atoms with Crippen LogP contribution < -0.4 is 33.7 Å². The molecule has 0 spiro atoms. The van der Waals surface area contributed by atoms with E-state index in [1.165, 1.54) is 0 Å². The van der Waals surface area contributed by atoms with Crippen molar-refractivity contribution in [2.45, 2.75) is 0 Å². The number of rotatable bonds is 4. The van der Waals surface area contributed by atoms with Crippen LogP contribution in [0.3, 0.4) is 0 Å². The first-order valence-corrected chi connectivity index (χ1v) is 5.32. The van der Waals surface area contributed by atoms with Crippen LogP contribution in [0.25, 0.3) is 0 Å². The fourth-order valence-electron chi connectivity index (χ4n) is 0.295. The summed E-state index contributed by atoms with van der Waals surface area (Å²) in [6.07, 6.45) is 0. The van der Waals surface area contributed by atoms with Crippen LogP contribution in [0.4, 0.5) is 8.28 Å². The summed E-state index contributed by atoms with van der Waals surface area (Å²) in [7, 11) is -9.69. The van der Waals surface area contributed by atoms with Gasteiger partial charge in [-0.1, -0.05) is 8.01 Å². The molecule has 0 aliphatic carbocycles. The van der Waals surface area contributed by atoms with Crippen molar-refractivity contribution >= 4 is 20.4 Å². The van der Waals surface area contributed by atoms with Crippen LogP contribution in [-0.4, -0.2) is 29.3 Å². The summed E-state index contributed by atoms with van der Waals surface area (Å²) in [5.74, 6) is -1.07. The Hall–Kier alpha value is 0.720. The maximum atomic E-state index is 11.6. The van der Waals surface area contributed by atoms with Crippen molar-refractivity contribution in [3.8, 4) is 0 Å². The second kappa shape index (κ2) is 5.45. The zero-order valence-electron chi connectivity index (χ0n) is 7.12. The fourth-order valence-corrected chi connectivity index (χ4v) is 2.04. The van der Waals surface area contributed by atoms with Crippen molar-refractivity contribution in [2.24, 2.45) is 0 Å². The molecular formula is C2H6F2NNaO4S2. The molecule has 0 unspecified atom stereocenters. The predicted molar refractivity (Wildman–Crippen MR) is 34.0 cm³/mol. The smallest absolute Gasteiger partial charge is 1.00 e. The Bertz CT molecular complexity index is 315. The SMILES string of the molecule is O=S(=O)(F)NS(=O)(=O)CCF.[H-].[Na+]. The molecule has 1 N–H and O–H groups in total. The van der Waals surface area contributed by atoms with Crippen molar-refractivity contribution in [1.82, 2.24) is 4.13 Å². The van der Waals surface area contributed by atoms with E-state index in [-0.39, 0.29) is 31.0 Å². The molecule has 0 atom stereocenters. The molecule has 0 bridgehead atoms. The molecule has 0 heterocycles. The molecule has 0 rings (SSSR count). The number of halogens is 2. The van der Waals surface area contributed by atoms with Gasteiger partial charge in [0.2, 0.25) is 10.0 Å². The van der Waals surface area contributed by atoms with Gasteiger partial charge in [-0.15, -0.1) is 0 Å². The van der Waals surface area contributed by atoms with Gasteiger partial charge in [0.05, 0.1) is 5.75 Å². The fraction of sp³-hybridized carbons (Fsp3) is 1.00. The van der Waals surface area contributed by atoms with E-state index in [4.69, 9.17) is 0 Å². The maximum absolute atomic E-state index is 11.6. The van der Waals surface area contributed by atoms with Gasteiger partial charge in [-0.05, 0) is 0 Å². The van der Waals surface area contributed by atoms with Crippen LogP contribution in [-0.2, 0) is 20.4 Å². The average molecular weight is 233 g/mol. The van der Waals surface area contributed by atoms with Crippen LogP contribution in [0.15, 0.2) is 0 Å².